The van der Waals surface area contributed by atoms with Gasteiger partial charge in [-0.15, -0.1) is 0 Å². The lowest BCUT2D eigenvalue weighted by Gasteiger charge is -2.18. The second kappa shape index (κ2) is 4.71. The molecular formula is C12H21N3. The molecule has 0 radical (unpaired) electrons. The Morgan fingerprint density at radius 1 is 1.33 bits per heavy atom. The van der Waals surface area contributed by atoms with Crippen molar-refractivity contribution in [1.29, 1.82) is 0 Å². The molecule has 1 atom stereocenters. The van der Waals surface area contributed by atoms with E-state index in [1.165, 1.54) is 0 Å². The summed E-state index contributed by atoms with van der Waals surface area (Å²) in [5.41, 5.74) is 7.87. The normalized spacial score (nSPS) is 13.9. The van der Waals surface area contributed by atoms with Gasteiger partial charge in [0.25, 0.3) is 0 Å². The Kier molecular flexibility index (Phi) is 3.80. The van der Waals surface area contributed by atoms with Crippen LogP contribution in [-0.2, 0) is 11.8 Å². The van der Waals surface area contributed by atoms with Gasteiger partial charge in [-0.05, 0) is 24.9 Å². The molecule has 1 rings (SSSR count). The van der Waals surface area contributed by atoms with E-state index in [1.54, 1.807) is 6.33 Å². The number of hydrogen-bond acceptors (Lipinski definition) is 3. The second-order valence-corrected chi connectivity index (χ2v) is 5.19. The molecule has 0 saturated carbocycles. The van der Waals surface area contributed by atoms with Crippen molar-refractivity contribution in [3.05, 3.63) is 23.8 Å². The molecule has 2 N–H and O–H groups in total. The highest BCUT2D eigenvalue weighted by atomic mass is 14.8. The van der Waals surface area contributed by atoms with E-state index < -0.39 is 0 Å². The SMILES string of the molecule is CC(CN)Cc1cc(C(C)(C)C)ncn1. The van der Waals surface area contributed by atoms with Crippen LogP contribution in [0.2, 0.25) is 0 Å². The summed E-state index contributed by atoms with van der Waals surface area (Å²) < 4.78 is 0. The third-order valence-corrected chi connectivity index (χ3v) is 2.45. The molecule has 1 unspecified atom stereocenters. The highest BCUT2D eigenvalue weighted by Crippen LogP contribution is 2.20. The number of aromatic nitrogens is 2. The van der Waals surface area contributed by atoms with Crippen LogP contribution < -0.4 is 5.73 Å². The first kappa shape index (κ1) is 12.1. The van der Waals surface area contributed by atoms with E-state index in [0.29, 0.717) is 12.5 Å². The third kappa shape index (κ3) is 3.59. The summed E-state index contributed by atoms with van der Waals surface area (Å²) in [4.78, 5) is 8.58. The summed E-state index contributed by atoms with van der Waals surface area (Å²) in [6, 6.07) is 2.09. The van der Waals surface area contributed by atoms with Crippen LogP contribution >= 0.6 is 0 Å². The van der Waals surface area contributed by atoms with Crippen LogP contribution in [0.4, 0.5) is 0 Å². The maximum atomic E-state index is 5.60. The number of nitrogens with zero attached hydrogens (tertiary/aromatic N) is 2. The number of rotatable bonds is 3. The average Bonchev–Trinajstić information content (AvgIpc) is 2.17. The zero-order valence-corrected chi connectivity index (χ0v) is 10.1. The Balaban J connectivity index is 2.84. The Morgan fingerprint density at radius 3 is 2.53 bits per heavy atom. The largest absolute Gasteiger partial charge is 0.330 e. The minimum Gasteiger partial charge on any atom is -0.330 e. The van der Waals surface area contributed by atoms with Gasteiger partial charge in [-0.2, -0.15) is 0 Å². The van der Waals surface area contributed by atoms with E-state index in [-0.39, 0.29) is 5.41 Å². The van der Waals surface area contributed by atoms with Crippen molar-refractivity contribution in [2.75, 3.05) is 6.54 Å². The van der Waals surface area contributed by atoms with Crippen LogP contribution in [0.5, 0.6) is 0 Å². The first-order valence-electron chi connectivity index (χ1n) is 5.45. The maximum Gasteiger partial charge on any atom is 0.115 e. The molecule has 3 heteroatoms. The fourth-order valence-electron chi connectivity index (χ4n) is 1.36. The van der Waals surface area contributed by atoms with Crippen LogP contribution in [0.25, 0.3) is 0 Å². The third-order valence-electron chi connectivity index (χ3n) is 2.45. The summed E-state index contributed by atoms with van der Waals surface area (Å²) >= 11 is 0. The zero-order chi connectivity index (χ0) is 11.5. The van der Waals surface area contributed by atoms with E-state index in [0.717, 1.165) is 17.8 Å². The molecule has 0 fully saturated rings. The lowest BCUT2D eigenvalue weighted by Crippen LogP contribution is -2.17. The predicted octanol–water partition coefficient (Wildman–Crippen LogP) is 1.91. The monoisotopic (exact) mass is 207 g/mol. The first-order chi connectivity index (χ1) is 6.93. The van der Waals surface area contributed by atoms with Crippen molar-refractivity contribution in [2.24, 2.45) is 11.7 Å². The molecule has 84 valence electrons. The number of nitrogens with two attached hydrogens (primary N) is 1. The molecule has 1 heterocycles. The summed E-state index contributed by atoms with van der Waals surface area (Å²) in [6.07, 6.45) is 2.58. The lowest BCUT2D eigenvalue weighted by atomic mass is 9.91. The minimum absolute atomic E-state index is 0.0869. The first-order valence-corrected chi connectivity index (χ1v) is 5.45. The standard InChI is InChI=1S/C12H21N3/c1-9(7-13)5-10-6-11(12(2,3)4)15-8-14-10/h6,8-9H,5,7,13H2,1-4H3. The van der Waals surface area contributed by atoms with E-state index in [4.69, 9.17) is 5.73 Å². The highest BCUT2D eigenvalue weighted by Gasteiger charge is 2.16. The van der Waals surface area contributed by atoms with Gasteiger partial charge in [-0.1, -0.05) is 27.7 Å². The van der Waals surface area contributed by atoms with Gasteiger partial charge in [0.05, 0.1) is 0 Å². The van der Waals surface area contributed by atoms with Crippen molar-refractivity contribution in [3.63, 3.8) is 0 Å². The summed E-state index contributed by atoms with van der Waals surface area (Å²) in [5, 5.41) is 0. The van der Waals surface area contributed by atoms with E-state index in [2.05, 4.69) is 43.7 Å². The molecule has 0 amide bonds. The van der Waals surface area contributed by atoms with Crippen molar-refractivity contribution in [1.82, 2.24) is 9.97 Å². The molecule has 1 aromatic rings. The molecule has 15 heavy (non-hydrogen) atoms. The highest BCUT2D eigenvalue weighted by molar-refractivity contribution is 5.16. The Morgan fingerprint density at radius 2 is 2.00 bits per heavy atom. The second-order valence-electron chi connectivity index (χ2n) is 5.19. The van der Waals surface area contributed by atoms with Gasteiger partial charge in [0, 0.05) is 16.8 Å². The van der Waals surface area contributed by atoms with Gasteiger partial charge >= 0.3 is 0 Å². The molecule has 0 bridgehead atoms. The van der Waals surface area contributed by atoms with Gasteiger partial charge in [0.2, 0.25) is 0 Å². The van der Waals surface area contributed by atoms with Crippen LogP contribution in [0.15, 0.2) is 12.4 Å². The molecular weight excluding hydrogens is 186 g/mol. The van der Waals surface area contributed by atoms with Crippen LogP contribution in [0, 0.1) is 5.92 Å². The minimum atomic E-state index is 0.0869. The van der Waals surface area contributed by atoms with Gasteiger partial charge in [-0.3, -0.25) is 0 Å². The molecule has 0 spiro atoms. The van der Waals surface area contributed by atoms with E-state index in [9.17, 15) is 0 Å². The Labute approximate surface area is 92.1 Å². The zero-order valence-electron chi connectivity index (χ0n) is 10.1. The quantitative estimate of drug-likeness (QED) is 0.823. The van der Waals surface area contributed by atoms with Gasteiger partial charge in [-0.25, -0.2) is 9.97 Å². The van der Waals surface area contributed by atoms with Crippen LogP contribution in [0.1, 0.15) is 39.1 Å². The van der Waals surface area contributed by atoms with E-state index >= 15 is 0 Å². The van der Waals surface area contributed by atoms with Gasteiger partial charge in [0.1, 0.15) is 6.33 Å². The Hall–Kier alpha value is -0.960. The number of hydrogen-bond donors (Lipinski definition) is 1. The lowest BCUT2D eigenvalue weighted by molar-refractivity contribution is 0.553. The average molecular weight is 207 g/mol. The predicted molar refractivity (Wildman–Crippen MR) is 62.7 cm³/mol. The molecule has 0 aromatic carbocycles. The van der Waals surface area contributed by atoms with Crippen LogP contribution in [0.3, 0.4) is 0 Å². The van der Waals surface area contributed by atoms with Crippen molar-refractivity contribution in [3.8, 4) is 0 Å². The van der Waals surface area contributed by atoms with Crippen molar-refractivity contribution in [2.45, 2.75) is 39.5 Å². The molecule has 0 aliphatic rings. The molecule has 0 saturated heterocycles. The fourth-order valence-corrected chi connectivity index (χ4v) is 1.36. The molecule has 1 aromatic heterocycles. The van der Waals surface area contributed by atoms with Gasteiger partial charge < -0.3 is 5.73 Å². The molecule has 3 nitrogen and oxygen atoms in total. The maximum absolute atomic E-state index is 5.60. The fraction of sp³-hybridized carbons (Fsp3) is 0.667. The summed E-state index contributed by atoms with van der Waals surface area (Å²) in [7, 11) is 0. The smallest absolute Gasteiger partial charge is 0.115 e. The van der Waals surface area contributed by atoms with Crippen LogP contribution in [-0.4, -0.2) is 16.5 Å². The Bertz CT molecular complexity index is 315. The topological polar surface area (TPSA) is 51.8 Å². The summed E-state index contributed by atoms with van der Waals surface area (Å²) in [6.45, 7) is 9.32. The summed E-state index contributed by atoms with van der Waals surface area (Å²) in [5.74, 6) is 0.479. The van der Waals surface area contributed by atoms with E-state index in [1.807, 2.05) is 0 Å². The van der Waals surface area contributed by atoms with Crippen molar-refractivity contribution < 1.29 is 0 Å². The van der Waals surface area contributed by atoms with Crippen molar-refractivity contribution >= 4 is 0 Å². The van der Waals surface area contributed by atoms with Gasteiger partial charge in [0.15, 0.2) is 0 Å². The molecule has 0 aliphatic carbocycles. The molecule has 0 aliphatic heterocycles.